The van der Waals surface area contributed by atoms with E-state index in [1.54, 1.807) is 5.51 Å². The van der Waals surface area contributed by atoms with Gasteiger partial charge in [-0.2, -0.15) is 0 Å². The van der Waals surface area contributed by atoms with E-state index in [-0.39, 0.29) is 6.03 Å². The van der Waals surface area contributed by atoms with Crippen molar-refractivity contribution in [2.45, 2.75) is 6.04 Å². The van der Waals surface area contributed by atoms with Crippen molar-refractivity contribution in [3.05, 3.63) is 71.5 Å². The van der Waals surface area contributed by atoms with Gasteiger partial charge in [-0.3, -0.25) is 5.32 Å². The van der Waals surface area contributed by atoms with Crippen molar-refractivity contribution in [3.8, 4) is 0 Å². The van der Waals surface area contributed by atoms with Crippen LogP contribution in [-0.4, -0.2) is 25.8 Å². The Kier molecular flexibility index (Phi) is 4.32. The van der Waals surface area contributed by atoms with Gasteiger partial charge in [-0.25, -0.2) is 9.78 Å². The molecule has 0 unspecified atom stereocenters. The van der Waals surface area contributed by atoms with Crippen LogP contribution in [-0.2, 0) is 7.05 Å². The smallest absolute Gasteiger partial charge is 0.321 e. The zero-order valence-corrected chi connectivity index (χ0v) is 14.8. The van der Waals surface area contributed by atoms with Crippen LogP contribution in [0.5, 0.6) is 0 Å². The molecule has 0 saturated heterocycles. The molecule has 0 spiro atoms. The summed E-state index contributed by atoms with van der Waals surface area (Å²) in [6.07, 6.45) is 0. The lowest BCUT2D eigenvalue weighted by Gasteiger charge is -2.19. The number of para-hydroxylation sites is 2. The molecule has 2 N–H and O–H groups in total. The second-order valence-electron chi connectivity index (χ2n) is 5.70. The number of urea groups is 1. The van der Waals surface area contributed by atoms with Gasteiger partial charge in [0, 0.05) is 7.05 Å². The maximum Gasteiger partial charge on any atom is 0.321 e. The molecule has 2 aromatic carbocycles. The van der Waals surface area contributed by atoms with Crippen molar-refractivity contribution in [1.82, 2.24) is 25.1 Å². The Bertz CT molecular complexity index is 1030. The number of nitrogens with one attached hydrogen (secondary N) is 2. The third-order valence-electron chi connectivity index (χ3n) is 4.07. The van der Waals surface area contributed by atoms with Gasteiger partial charge in [-0.15, -0.1) is 10.2 Å². The van der Waals surface area contributed by atoms with Crippen LogP contribution < -0.4 is 10.6 Å². The van der Waals surface area contributed by atoms with Crippen molar-refractivity contribution in [2.24, 2.45) is 7.05 Å². The van der Waals surface area contributed by atoms with Crippen LogP contribution in [0.3, 0.4) is 0 Å². The maximum atomic E-state index is 12.5. The Balaban J connectivity index is 1.71. The van der Waals surface area contributed by atoms with Crippen LogP contribution in [0.2, 0.25) is 0 Å². The lowest BCUT2D eigenvalue weighted by Crippen LogP contribution is -2.34. The number of carbonyl (C=O) groups excluding carboxylic acids is 1. The molecule has 0 aliphatic rings. The zero-order chi connectivity index (χ0) is 17.9. The van der Waals surface area contributed by atoms with Gasteiger partial charge in [-0.1, -0.05) is 53.8 Å². The van der Waals surface area contributed by atoms with Gasteiger partial charge in [-0.05, 0) is 17.7 Å². The van der Waals surface area contributed by atoms with E-state index >= 15 is 0 Å². The summed E-state index contributed by atoms with van der Waals surface area (Å²) < 4.78 is 2.00. The molecule has 4 aromatic rings. The highest BCUT2D eigenvalue weighted by Gasteiger charge is 2.23. The molecular formula is C18H16N6OS. The first kappa shape index (κ1) is 16.2. The summed E-state index contributed by atoms with van der Waals surface area (Å²) in [5.74, 6) is 0.754. The number of rotatable bonds is 4. The molecule has 0 aliphatic carbocycles. The van der Waals surface area contributed by atoms with E-state index in [0.29, 0.717) is 5.13 Å². The highest BCUT2D eigenvalue weighted by molar-refractivity contribution is 7.13. The summed E-state index contributed by atoms with van der Waals surface area (Å²) in [6, 6.07) is 16.9. The number of hydrogen-bond acceptors (Lipinski definition) is 5. The molecular weight excluding hydrogens is 348 g/mol. The van der Waals surface area contributed by atoms with Crippen molar-refractivity contribution in [1.29, 1.82) is 0 Å². The molecule has 2 aromatic heterocycles. The number of hydrogen-bond donors (Lipinski definition) is 2. The highest BCUT2D eigenvalue weighted by Crippen LogP contribution is 2.25. The maximum absolute atomic E-state index is 12.5. The predicted octanol–water partition coefficient (Wildman–Crippen LogP) is 3.34. The van der Waals surface area contributed by atoms with Gasteiger partial charge in [0.05, 0.1) is 11.0 Å². The lowest BCUT2D eigenvalue weighted by atomic mass is 10.1. The van der Waals surface area contributed by atoms with Crippen molar-refractivity contribution >= 4 is 33.5 Å². The number of aromatic nitrogens is 4. The largest absolute Gasteiger partial charge is 0.329 e. The number of imidazole rings is 1. The van der Waals surface area contributed by atoms with E-state index in [1.165, 1.54) is 11.3 Å². The summed E-state index contributed by atoms with van der Waals surface area (Å²) >= 11 is 1.26. The molecule has 2 amide bonds. The van der Waals surface area contributed by atoms with Crippen molar-refractivity contribution < 1.29 is 4.79 Å². The second-order valence-corrected chi connectivity index (χ2v) is 6.54. The van der Waals surface area contributed by atoms with E-state index in [0.717, 1.165) is 22.4 Å². The standard InChI is InChI=1S/C18H16N6OS/c1-24-14-10-6-5-9-13(14)20-16(24)15(12-7-3-2-4-8-12)21-17(25)22-18-23-19-11-26-18/h2-11,15H,1H3,(H2,21,22,23,25)/t15-/m1/s1. The molecule has 1 atom stereocenters. The third kappa shape index (κ3) is 3.14. The first-order chi connectivity index (χ1) is 12.7. The minimum atomic E-state index is -0.401. The SMILES string of the molecule is Cn1c([C@H](NC(=O)Nc2nncs2)c2ccccc2)nc2ccccc21. The van der Waals surface area contributed by atoms with Crippen LogP contribution in [0.15, 0.2) is 60.1 Å². The first-order valence-electron chi connectivity index (χ1n) is 8.02. The molecule has 130 valence electrons. The van der Waals surface area contributed by atoms with Gasteiger partial charge in [0.25, 0.3) is 0 Å². The second kappa shape index (κ2) is 6.93. The lowest BCUT2D eigenvalue weighted by molar-refractivity contribution is 0.249. The number of carbonyl (C=O) groups is 1. The number of benzene rings is 2. The molecule has 0 radical (unpaired) electrons. The minimum absolute atomic E-state index is 0.359. The topological polar surface area (TPSA) is 84.7 Å². The van der Waals surface area contributed by atoms with E-state index in [2.05, 4.69) is 20.8 Å². The van der Waals surface area contributed by atoms with E-state index < -0.39 is 6.04 Å². The van der Waals surface area contributed by atoms with Crippen molar-refractivity contribution in [2.75, 3.05) is 5.32 Å². The van der Waals surface area contributed by atoms with E-state index in [4.69, 9.17) is 4.98 Å². The minimum Gasteiger partial charge on any atom is -0.329 e. The molecule has 2 heterocycles. The Morgan fingerprint density at radius 3 is 2.62 bits per heavy atom. The van der Waals surface area contributed by atoms with Gasteiger partial charge in [0.2, 0.25) is 5.13 Å². The Labute approximate surface area is 153 Å². The zero-order valence-electron chi connectivity index (χ0n) is 14.0. The van der Waals surface area contributed by atoms with Gasteiger partial charge >= 0.3 is 6.03 Å². The van der Waals surface area contributed by atoms with Gasteiger partial charge in [0.1, 0.15) is 17.4 Å². The summed E-state index contributed by atoms with van der Waals surface area (Å²) in [6.45, 7) is 0. The highest BCUT2D eigenvalue weighted by atomic mass is 32.1. The van der Waals surface area contributed by atoms with Crippen molar-refractivity contribution in [3.63, 3.8) is 0 Å². The average Bonchev–Trinajstić information content (AvgIpc) is 3.29. The Hall–Kier alpha value is -3.26. The molecule has 4 rings (SSSR count). The predicted molar refractivity (Wildman–Crippen MR) is 101 cm³/mol. The van der Waals surface area contributed by atoms with Crippen LogP contribution in [0.1, 0.15) is 17.4 Å². The number of fused-ring (bicyclic) bond motifs is 1. The molecule has 0 bridgehead atoms. The summed E-state index contributed by atoms with van der Waals surface area (Å²) in [5.41, 5.74) is 4.40. The first-order valence-corrected chi connectivity index (χ1v) is 8.90. The monoisotopic (exact) mass is 364 g/mol. The number of nitrogens with zero attached hydrogens (tertiary/aromatic N) is 4. The van der Waals surface area contributed by atoms with Crippen LogP contribution in [0, 0.1) is 0 Å². The summed E-state index contributed by atoms with van der Waals surface area (Å²) in [7, 11) is 1.95. The molecule has 0 aliphatic heterocycles. The van der Waals surface area contributed by atoms with Crippen LogP contribution in [0.4, 0.5) is 9.93 Å². The molecule has 8 heteroatoms. The fraction of sp³-hybridized carbons (Fsp3) is 0.111. The average molecular weight is 364 g/mol. The molecule has 0 fully saturated rings. The summed E-state index contributed by atoms with van der Waals surface area (Å²) in [5, 5.41) is 13.7. The Morgan fingerprint density at radius 2 is 1.88 bits per heavy atom. The molecule has 7 nitrogen and oxygen atoms in total. The number of amides is 2. The normalized spacial score (nSPS) is 12.0. The van der Waals surface area contributed by atoms with E-state index in [1.807, 2.05) is 66.2 Å². The quantitative estimate of drug-likeness (QED) is 0.582. The van der Waals surface area contributed by atoms with Gasteiger partial charge < -0.3 is 9.88 Å². The fourth-order valence-electron chi connectivity index (χ4n) is 2.86. The number of anilines is 1. The molecule has 26 heavy (non-hydrogen) atoms. The summed E-state index contributed by atoms with van der Waals surface area (Å²) in [4.78, 5) is 17.2. The van der Waals surface area contributed by atoms with Crippen LogP contribution >= 0.6 is 11.3 Å². The Morgan fingerprint density at radius 1 is 1.12 bits per heavy atom. The number of aryl methyl sites for hydroxylation is 1. The van der Waals surface area contributed by atoms with Crippen LogP contribution in [0.25, 0.3) is 11.0 Å². The third-order valence-corrected chi connectivity index (χ3v) is 4.68. The van der Waals surface area contributed by atoms with E-state index in [9.17, 15) is 4.79 Å². The van der Waals surface area contributed by atoms with Gasteiger partial charge in [0.15, 0.2) is 0 Å². The molecule has 0 saturated carbocycles. The fourth-order valence-corrected chi connectivity index (χ4v) is 3.30.